The number of halogens is 1. The van der Waals surface area contributed by atoms with Gasteiger partial charge in [0.05, 0.1) is 25.7 Å². The van der Waals surface area contributed by atoms with Gasteiger partial charge in [-0.05, 0) is 29.5 Å². The maximum absolute atomic E-state index is 12.2. The zero-order valence-electron chi connectivity index (χ0n) is 15.5. The third kappa shape index (κ3) is 7.32. The molecule has 7 heteroatoms. The van der Waals surface area contributed by atoms with E-state index in [-0.39, 0.29) is 48.6 Å². The molecule has 2 amide bonds. The Hall–Kier alpha value is -1.79. The second kappa shape index (κ2) is 10.9. The van der Waals surface area contributed by atoms with Crippen LogP contribution in [0.25, 0.3) is 0 Å². The first kappa shape index (κ1) is 23.2. The number of hydrogen-bond acceptors (Lipinski definition) is 4. The summed E-state index contributed by atoms with van der Waals surface area (Å²) < 4.78 is 5.15. The Morgan fingerprint density at radius 2 is 1.64 bits per heavy atom. The van der Waals surface area contributed by atoms with E-state index in [0.717, 1.165) is 11.3 Å². The van der Waals surface area contributed by atoms with Crippen molar-refractivity contribution >= 4 is 24.2 Å². The molecule has 1 rings (SSSR count). The molecular weight excluding hydrogens is 342 g/mol. The Kier molecular flexibility index (Phi) is 10.2. The first-order chi connectivity index (χ1) is 11.3. The fourth-order valence-electron chi connectivity index (χ4n) is 2.26. The van der Waals surface area contributed by atoms with Crippen LogP contribution in [0.15, 0.2) is 24.3 Å². The summed E-state index contributed by atoms with van der Waals surface area (Å²) >= 11 is 0. The second-order valence-electron chi connectivity index (χ2n) is 6.55. The fourth-order valence-corrected chi connectivity index (χ4v) is 2.26. The topological polar surface area (TPSA) is 93.5 Å². The summed E-state index contributed by atoms with van der Waals surface area (Å²) in [5.74, 6) is 0.439. The lowest BCUT2D eigenvalue weighted by atomic mass is 9.96. The van der Waals surface area contributed by atoms with Crippen LogP contribution in [0.5, 0.6) is 5.75 Å². The molecule has 0 aliphatic rings. The van der Waals surface area contributed by atoms with Crippen molar-refractivity contribution in [2.24, 2.45) is 17.6 Å². The molecule has 0 heterocycles. The van der Waals surface area contributed by atoms with Crippen molar-refractivity contribution in [2.45, 2.75) is 39.8 Å². The van der Waals surface area contributed by atoms with E-state index in [1.807, 2.05) is 52.0 Å². The van der Waals surface area contributed by atoms with Crippen molar-refractivity contribution in [3.63, 3.8) is 0 Å². The molecule has 0 radical (unpaired) electrons. The SMILES string of the molecule is COc1ccc(C(NC(=O)CNC(=O)[C@@H](N)C(C)C)C(C)C)cc1.Cl. The first-order valence-corrected chi connectivity index (χ1v) is 8.22. The Morgan fingerprint density at radius 3 is 2.08 bits per heavy atom. The van der Waals surface area contributed by atoms with Crippen LogP contribution in [-0.4, -0.2) is 31.5 Å². The number of amides is 2. The third-order valence-electron chi connectivity index (χ3n) is 3.90. The van der Waals surface area contributed by atoms with Crippen molar-refractivity contribution in [1.82, 2.24) is 10.6 Å². The van der Waals surface area contributed by atoms with Gasteiger partial charge in [-0.2, -0.15) is 0 Å². The largest absolute Gasteiger partial charge is 0.497 e. The van der Waals surface area contributed by atoms with Crippen molar-refractivity contribution < 1.29 is 14.3 Å². The van der Waals surface area contributed by atoms with Crippen molar-refractivity contribution in [1.29, 1.82) is 0 Å². The zero-order chi connectivity index (χ0) is 18.3. The number of rotatable bonds is 8. The van der Waals surface area contributed by atoms with Crippen molar-refractivity contribution in [3.05, 3.63) is 29.8 Å². The van der Waals surface area contributed by atoms with Gasteiger partial charge in [-0.25, -0.2) is 0 Å². The van der Waals surface area contributed by atoms with Crippen LogP contribution in [0.1, 0.15) is 39.3 Å². The van der Waals surface area contributed by atoms with Crippen molar-refractivity contribution in [2.75, 3.05) is 13.7 Å². The summed E-state index contributed by atoms with van der Waals surface area (Å²) in [7, 11) is 1.61. The van der Waals surface area contributed by atoms with E-state index in [1.54, 1.807) is 7.11 Å². The number of nitrogens with one attached hydrogen (secondary N) is 2. The molecule has 0 saturated carbocycles. The summed E-state index contributed by atoms with van der Waals surface area (Å²) in [6.45, 7) is 7.70. The summed E-state index contributed by atoms with van der Waals surface area (Å²) in [5.41, 5.74) is 6.75. The van der Waals surface area contributed by atoms with E-state index < -0.39 is 6.04 Å². The number of methoxy groups -OCH3 is 1. The highest BCUT2D eigenvalue weighted by atomic mass is 35.5. The molecule has 0 fully saturated rings. The molecule has 6 nitrogen and oxygen atoms in total. The standard InChI is InChI=1S/C18H29N3O3.ClH/c1-11(2)16(19)18(23)20-10-15(22)21-17(12(3)4)13-6-8-14(24-5)9-7-13;/h6-9,11-12,16-17H,10,19H2,1-5H3,(H,20,23)(H,21,22);1H/t16-,17?;/m0./s1. The Labute approximate surface area is 156 Å². The minimum Gasteiger partial charge on any atom is -0.497 e. The third-order valence-corrected chi connectivity index (χ3v) is 3.90. The zero-order valence-corrected chi connectivity index (χ0v) is 16.4. The summed E-state index contributed by atoms with van der Waals surface area (Å²) in [6.07, 6.45) is 0. The molecule has 1 unspecified atom stereocenters. The lowest BCUT2D eigenvalue weighted by molar-refractivity contribution is -0.127. The van der Waals surface area contributed by atoms with Gasteiger partial charge in [-0.15, -0.1) is 12.4 Å². The van der Waals surface area contributed by atoms with Crippen LogP contribution in [0.2, 0.25) is 0 Å². The Bertz CT molecular complexity index is 547. The van der Waals surface area contributed by atoms with Crippen LogP contribution in [0.4, 0.5) is 0 Å². The van der Waals surface area contributed by atoms with Gasteiger partial charge in [0.1, 0.15) is 5.75 Å². The van der Waals surface area contributed by atoms with Gasteiger partial charge in [-0.1, -0.05) is 39.8 Å². The van der Waals surface area contributed by atoms with Gasteiger partial charge < -0.3 is 21.1 Å². The van der Waals surface area contributed by atoms with E-state index >= 15 is 0 Å². The highest BCUT2D eigenvalue weighted by Crippen LogP contribution is 2.23. The quantitative estimate of drug-likeness (QED) is 0.651. The van der Waals surface area contributed by atoms with Crippen LogP contribution < -0.4 is 21.1 Å². The molecule has 1 aromatic carbocycles. The van der Waals surface area contributed by atoms with Crippen LogP contribution in [0, 0.1) is 11.8 Å². The monoisotopic (exact) mass is 371 g/mol. The number of ether oxygens (including phenoxy) is 1. The van der Waals surface area contributed by atoms with Crippen LogP contribution in [-0.2, 0) is 9.59 Å². The van der Waals surface area contributed by atoms with Crippen LogP contribution >= 0.6 is 12.4 Å². The van der Waals surface area contributed by atoms with E-state index in [1.165, 1.54) is 0 Å². The Morgan fingerprint density at radius 1 is 1.08 bits per heavy atom. The molecule has 0 saturated heterocycles. The van der Waals surface area contributed by atoms with E-state index in [0.29, 0.717) is 0 Å². The highest BCUT2D eigenvalue weighted by Gasteiger charge is 2.21. The molecule has 0 aromatic heterocycles. The summed E-state index contributed by atoms with van der Waals surface area (Å²) in [5, 5.41) is 5.54. The van der Waals surface area contributed by atoms with Gasteiger partial charge in [0, 0.05) is 0 Å². The lowest BCUT2D eigenvalue weighted by Crippen LogP contribution is -2.47. The predicted octanol–water partition coefficient (Wildman–Crippen LogP) is 2.03. The maximum Gasteiger partial charge on any atom is 0.239 e. The van der Waals surface area contributed by atoms with Gasteiger partial charge in [0.2, 0.25) is 11.8 Å². The molecule has 0 bridgehead atoms. The highest BCUT2D eigenvalue weighted by molar-refractivity contribution is 5.87. The van der Waals surface area contributed by atoms with Gasteiger partial charge in [-0.3, -0.25) is 9.59 Å². The van der Waals surface area contributed by atoms with E-state index in [9.17, 15) is 9.59 Å². The smallest absolute Gasteiger partial charge is 0.239 e. The number of carbonyl (C=O) groups is 2. The van der Waals surface area contributed by atoms with Crippen molar-refractivity contribution in [3.8, 4) is 5.75 Å². The van der Waals surface area contributed by atoms with Gasteiger partial charge in [0.15, 0.2) is 0 Å². The minimum absolute atomic E-state index is 0. The van der Waals surface area contributed by atoms with Gasteiger partial charge in [0.25, 0.3) is 0 Å². The predicted molar refractivity (Wildman–Crippen MR) is 102 cm³/mol. The van der Waals surface area contributed by atoms with Crippen LogP contribution in [0.3, 0.4) is 0 Å². The molecule has 25 heavy (non-hydrogen) atoms. The normalized spacial score (nSPS) is 13.0. The Balaban J connectivity index is 0.00000576. The average molecular weight is 372 g/mol. The number of benzene rings is 1. The molecule has 142 valence electrons. The molecule has 0 aliphatic heterocycles. The molecule has 0 aliphatic carbocycles. The maximum atomic E-state index is 12.2. The molecule has 1 aromatic rings. The average Bonchev–Trinajstić information content (AvgIpc) is 2.56. The van der Waals surface area contributed by atoms with E-state index in [4.69, 9.17) is 10.5 Å². The minimum atomic E-state index is -0.611. The molecule has 4 N–H and O–H groups in total. The van der Waals surface area contributed by atoms with E-state index in [2.05, 4.69) is 10.6 Å². The summed E-state index contributed by atoms with van der Waals surface area (Å²) in [6, 6.07) is 6.83. The molecule has 0 spiro atoms. The number of carbonyl (C=O) groups excluding carboxylic acids is 2. The van der Waals surface area contributed by atoms with Gasteiger partial charge >= 0.3 is 0 Å². The molecular formula is C18H30ClN3O3. The lowest BCUT2D eigenvalue weighted by Gasteiger charge is -2.23. The summed E-state index contributed by atoms with van der Waals surface area (Å²) in [4.78, 5) is 24.0. The number of hydrogen-bond donors (Lipinski definition) is 3. The first-order valence-electron chi connectivity index (χ1n) is 8.22. The second-order valence-corrected chi connectivity index (χ2v) is 6.55. The number of nitrogens with two attached hydrogens (primary N) is 1. The fraction of sp³-hybridized carbons (Fsp3) is 0.556. The molecule has 2 atom stereocenters.